The Labute approximate surface area is 119 Å². The van der Waals surface area contributed by atoms with Gasteiger partial charge in [-0.15, -0.1) is 0 Å². The van der Waals surface area contributed by atoms with Crippen molar-refractivity contribution in [2.75, 3.05) is 13.1 Å². The topological polar surface area (TPSA) is 59.5 Å². The quantitative estimate of drug-likeness (QED) is 0.879. The Morgan fingerprint density at radius 2 is 1.95 bits per heavy atom. The number of nitrogens with zero attached hydrogens (tertiary/aromatic N) is 1. The van der Waals surface area contributed by atoms with Crippen molar-refractivity contribution in [2.45, 2.75) is 19.9 Å². The Hall–Kier alpha value is -2.07. The molecule has 0 bridgehead atoms. The van der Waals surface area contributed by atoms with Crippen molar-refractivity contribution >= 4 is 5.91 Å². The first-order chi connectivity index (χ1) is 9.70. The molecule has 4 heteroatoms. The van der Waals surface area contributed by atoms with Gasteiger partial charge in [0.2, 0.25) is 0 Å². The number of benzene rings is 1. The molecule has 2 aromatic rings. The minimum Gasteiger partial charge on any atom is -0.456 e. The van der Waals surface area contributed by atoms with Crippen LogP contribution in [0.25, 0.3) is 0 Å². The summed E-state index contributed by atoms with van der Waals surface area (Å²) < 4.78 is 5.42. The molecule has 0 saturated carbocycles. The normalized spacial score (nSPS) is 10.5. The Bertz CT molecular complexity index is 549. The maximum atomic E-state index is 12.5. The summed E-state index contributed by atoms with van der Waals surface area (Å²) in [4.78, 5) is 14.2. The number of hydrogen-bond acceptors (Lipinski definition) is 3. The van der Waals surface area contributed by atoms with Crippen LogP contribution >= 0.6 is 0 Å². The van der Waals surface area contributed by atoms with Crippen LogP contribution in [0.5, 0.6) is 0 Å². The molecular weight excluding hydrogens is 252 g/mol. The average Bonchev–Trinajstić information content (AvgIpc) is 2.90. The minimum absolute atomic E-state index is 0.0876. The first-order valence-electron chi connectivity index (χ1n) is 6.80. The number of nitrogens with two attached hydrogens (primary N) is 1. The van der Waals surface area contributed by atoms with Crippen LogP contribution in [-0.2, 0) is 6.54 Å². The van der Waals surface area contributed by atoms with Crippen LogP contribution in [0.1, 0.15) is 28.3 Å². The van der Waals surface area contributed by atoms with Crippen LogP contribution in [0.4, 0.5) is 0 Å². The molecule has 1 amide bonds. The molecule has 0 aliphatic carbocycles. The Morgan fingerprint density at radius 3 is 2.55 bits per heavy atom. The lowest BCUT2D eigenvalue weighted by atomic mass is 10.2. The number of rotatable bonds is 6. The summed E-state index contributed by atoms with van der Waals surface area (Å²) in [5.74, 6) is 1.04. The van der Waals surface area contributed by atoms with Gasteiger partial charge in [0, 0.05) is 13.1 Å². The van der Waals surface area contributed by atoms with Crippen molar-refractivity contribution in [3.05, 3.63) is 59.5 Å². The lowest BCUT2D eigenvalue weighted by Gasteiger charge is -2.21. The molecule has 2 N–H and O–H groups in total. The zero-order valence-electron chi connectivity index (χ0n) is 11.7. The first-order valence-corrected chi connectivity index (χ1v) is 6.80. The molecule has 0 radical (unpaired) electrons. The molecule has 0 saturated heterocycles. The van der Waals surface area contributed by atoms with Gasteiger partial charge in [-0.05, 0) is 37.6 Å². The lowest BCUT2D eigenvalue weighted by Crippen LogP contribution is -2.32. The summed E-state index contributed by atoms with van der Waals surface area (Å²) in [7, 11) is 0. The van der Waals surface area contributed by atoms with Crippen LogP contribution in [-0.4, -0.2) is 23.9 Å². The third kappa shape index (κ3) is 3.71. The summed E-state index contributed by atoms with van der Waals surface area (Å²) in [6.45, 7) is 3.59. The third-order valence-corrected chi connectivity index (χ3v) is 3.09. The number of furan rings is 1. The molecule has 1 aromatic carbocycles. The Balaban J connectivity index is 2.12. The molecule has 106 valence electrons. The smallest absolute Gasteiger partial charge is 0.289 e. The SMILES string of the molecule is Cc1ccc(C(=O)N(CCCN)Cc2ccccc2)o1. The highest BCUT2D eigenvalue weighted by Gasteiger charge is 2.18. The Morgan fingerprint density at radius 1 is 1.20 bits per heavy atom. The fourth-order valence-corrected chi connectivity index (χ4v) is 2.04. The summed E-state index contributed by atoms with van der Waals surface area (Å²) in [5, 5.41) is 0. The average molecular weight is 272 g/mol. The van der Waals surface area contributed by atoms with Gasteiger partial charge >= 0.3 is 0 Å². The second kappa shape index (κ2) is 6.91. The summed E-state index contributed by atoms with van der Waals surface area (Å²) in [5.41, 5.74) is 6.65. The van der Waals surface area contributed by atoms with Gasteiger partial charge < -0.3 is 15.1 Å². The van der Waals surface area contributed by atoms with E-state index in [0.29, 0.717) is 25.4 Å². The van der Waals surface area contributed by atoms with E-state index in [4.69, 9.17) is 10.2 Å². The molecule has 4 nitrogen and oxygen atoms in total. The van der Waals surface area contributed by atoms with E-state index >= 15 is 0 Å². The molecule has 0 spiro atoms. The van der Waals surface area contributed by atoms with E-state index in [-0.39, 0.29) is 5.91 Å². The van der Waals surface area contributed by atoms with Gasteiger partial charge in [-0.2, -0.15) is 0 Å². The molecule has 0 aliphatic heterocycles. The van der Waals surface area contributed by atoms with Crippen LogP contribution < -0.4 is 5.73 Å². The van der Waals surface area contributed by atoms with Crippen molar-refractivity contribution in [2.24, 2.45) is 5.73 Å². The molecule has 1 aromatic heterocycles. The van der Waals surface area contributed by atoms with Gasteiger partial charge in [-0.25, -0.2) is 0 Å². The molecule has 0 fully saturated rings. The molecule has 0 aliphatic rings. The van der Waals surface area contributed by atoms with Gasteiger partial charge in [0.05, 0.1) is 0 Å². The van der Waals surface area contributed by atoms with Crippen LogP contribution in [0.3, 0.4) is 0 Å². The van der Waals surface area contributed by atoms with Crippen molar-refractivity contribution in [1.29, 1.82) is 0 Å². The summed E-state index contributed by atoms with van der Waals surface area (Å²) in [6, 6.07) is 13.4. The maximum absolute atomic E-state index is 12.5. The highest BCUT2D eigenvalue weighted by molar-refractivity contribution is 5.91. The first kappa shape index (κ1) is 14.3. The van der Waals surface area contributed by atoms with E-state index in [1.807, 2.05) is 37.3 Å². The van der Waals surface area contributed by atoms with Crippen molar-refractivity contribution in [1.82, 2.24) is 4.90 Å². The van der Waals surface area contributed by atoms with Crippen LogP contribution in [0, 0.1) is 6.92 Å². The largest absolute Gasteiger partial charge is 0.456 e. The second-order valence-electron chi connectivity index (χ2n) is 4.76. The van der Waals surface area contributed by atoms with E-state index < -0.39 is 0 Å². The fraction of sp³-hybridized carbons (Fsp3) is 0.312. The van der Waals surface area contributed by atoms with Crippen molar-refractivity contribution in [3.8, 4) is 0 Å². The molecular formula is C16H20N2O2. The van der Waals surface area contributed by atoms with Crippen LogP contribution in [0.15, 0.2) is 46.9 Å². The third-order valence-electron chi connectivity index (χ3n) is 3.09. The molecule has 0 unspecified atom stereocenters. The van der Waals surface area contributed by atoms with Gasteiger partial charge in [0.15, 0.2) is 5.76 Å². The predicted molar refractivity (Wildman–Crippen MR) is 78.3 cm³/mol. The van der Waals surface area contributed by atoms with Crippen molar-refractivity contribution < 1.29 is 9.21 Å². The van der Waals surface area contributed by atoms with Gasteiger partial charge in [0.25, 0.3) is 5.91 Å². The number of carbonyl (C=O) groups excluding carboxylic acids is 1. The van der Waals surface area contributed by atoms with E-state index in [1.54, 1.807) is 17.0 Å². The zero-order valence-corrected chi connectivity index (χ0v) is 11.7. The molecule has 1 heterocycles. The molecule has 0 atom stereocenters. The number of carbonyl (C=O) groups is 1. The van der Waals surface area contributed by atoms with E-state index in [9.17, 15) is 4.79 Å². The minimum atomic E-state index is -0.0876. The summed E-state index contributed by atoms with van der Waals surface area (Å²) in [6.07, 6.45) is 0.776. The summed E-state index contributed by atoms with van der Waals surface area (Å²) >= 11 is 0. The number of hydrogen-bond donors (Lipinski definition) is 1. The van der Waals surface area contributed by atoms with E-state index in [0.717, 1.165) is 17.7 Å². The fourth-order valence-electron chi connectivity index (χ4n) is 2.04. The predicted octanol–water partition coefficient (Wildman–Crippen LogP) is 2.58. The lowest BCUT2D eigenvalue weighted by molar-refractivity contribution is 0.0708. The highest BCUT2D eigenvalue weighted by atomic mass is 16.3. The molecule has 2 rings (SSSR count). The van der Waals surface area contributed by atoms with E-state index in [2.05, 4.69) is 0 Å². The van der Waals surface area contributed by atoms with Gasteiger partial charge in [-0.3, -0.25) is 4.79 Å². The maximum Gasteiger partial charge on any atom is 0.289 e. The van der Waals surface area contributed by atoms with Crippen LogP contribution in [0.2, 0.25) is 0 Å². The van der Waals surface area contributed by atoms with E-state index in [1.165, 1.54) is 0 Å². The zero-order chi connectivity index (χ0) is 14.4. The Kier molecular flexibility index (Phi) is 4.96. The van der Waals surface area contributed by atoms with Crippen molar-refractivity contribution in [3.63, 3.8) is 0 Å². The molecule has 20 heavy (non-hydrogen) atoms. The highest BCUT2D eigenvalue weighted by Crippen LogP contribution is 2.13. The monoisotopic (exact) mass is 272 g/mol. The standard InChI is InChI=1S/C16H20N2O2/c1-13-8-9-15(20-13)16(19)18(11-5-10-17)12-14-6-3-2-4-7-14/h2-4,6-9H,5,10-12,17H2,1H3. The number of amides is 1. The second-order valence-corrected chi connectivity index (χ2v) is 4.76. The number of aryl methyl sites for hydroxylation is 1. The van der Waals surface area contributed by atoms with Gasteiger partial charge in [-0.1, -0.05) is 30.3 Å². The van der Waals surface area contributed by atoms with Gasteiger partial charge in [0.1, 0.15) is 5.76 Å².